The summed E-state index contributed by atoms with van der Waals surface area (Å²) in [5.74, 6) is -0.170. The smallest absolute Gasteiger partial charge is 0.246 e. The molecule has 1 fully saturated rings. The summed E-state index contributed by atoms with van der Waals surface area (Å²) in [6.07, 6.45) is 3.74. The van der Waals surface area contributed by atoms with Crippen molar-refractivity contribution in [2.24, 2.45) is 5.92 Å². The lowest BCUT2D eigenvalue weighted by Crippen LogP contribution is -2.32. The van der Waals surface area contributed by atoms with E-state index in [0.717, 1.165) is 25.7 Å². The SMILES string of the molecule is CCC1CCCN(S(=O)(=O)c2cc(N)c(C)cc2F)CC1. The number of nitrogen functional groups attached to an aromatic ring is 1. The van der Waals surface area contributed by atoms with Gasteiger partial charge in [-0.1, -0.05) is 13.3 Å². The maximum Gasteiger partial charge on any atom is 0.246 e. The molecular weight excluding hydrogens is 291 g/mol. The molecule has 1 heterocycles. The molecule has 4 nitrogen and oxygen atoms in total. The topological polar surface area (TPSA) is 63.4 Å². The van der Waals surface area contributed by atoms with Crippen LogP contribution in [0.4, 0.5) is 10.1 Å². The van der Waals surface area contributed by atoms with Crippen LogP contribution in [0.2, 0.25) is 0 Å². The van der Waals surface area contributed by atoms with E-state index >= 15 is 0 Å². The number of sulfonamides is 1. The third kappa shape index (κ3) is 3.37. The Kier molecular flexibility index (Phi) is 4.88. The molecule has 1 aromatic rings. The molecule has 2 N–H and O–H groups in total. The van der Waals surface area contributed by atoms with Gasteiger partial charge < -0.3 is 5.73 Å². The summed E-state index contributed by atoms with van der Waals surface area (Å²) in [7, 11) is -3.81. The third-order valence-corrected chi connectivity index (χ3v) is 6.24. The van der Waals surface area contributed by atoms with Crippen LogP contribution >= 0.6 is 0 Å². The van der Waals surface area contributed by atoms with Gasteiger partial charge in [0.2, 0.25) is 10.0 Å². The Morgan fingerprint density at radius 2 is 2.05 bits per heavy atom. The minimum absolute atomic E-state index is 0.302. The Balaban J connectivity index is 2.32. The lowest BCUT2D eigenvalue weighted by atomic mass is 9.98. The number of hydrogen-bond acceptors (Lipinski definition) is 3. The third-order valence-electron chi connectivity index (χ3n) is 4.32. The van der Waals surface area contributed by atoms with Crippen LogP contribution < -0.4 is 5.73 Å². The molecular formula is C15H23FN2O2S. The number of nitrogens with two attached hydrogens (primary N) is 1. The van der Waals surface area contributed by atoms with Crippen LogP contribution in [0.1, 0.15) is 38.2 Å². The zero-order chi connectivity index (χ0) is 15.6. The molecule has 6 heteroatoms. The summed E-state index contributed by atoms with van der Waals surface area (Å²) in [6, 6.07) is 2.43. The summed E-state index contributed by atoms with van der Waals surface area (Å²) in [5.41, 5.74) is 6.59. The molecule has 0 bridgehead atoms. The summed E-state index contributed by atoms with van der Waals surface area (Å²) in [6.45, 7) is 4.68. The van der Waals surface area contributed by atoms with Gasteiger partial charge in [-0.05, 0) is 49.8 Å². The van der Waals surface area contributed by atoms with Gasteiger partial charge in [0, 0.05) is 18.8 Å². The van der Waals surface area contributed by atoms with Gasteiger partial charge in [-0.25, -0.2) is 12.8 Å². The van der Waals surface area contributed by atoms with E-state index in [4.69, 9.17) is 5.73 Å². The highest BCUT2D eigenvalue weighted by Gasteiger charge is 2.30. The lowest BCUT2D eigenvalue weighted by Gasteiger charge is -2.21. The van der Waals surface area contributed by atoms with Crippen LogP contribution in [0.25, 0.3) is 0 Å². The van der Waals surface area contributed by atoms with Crippen LogP contribution in [-0.4, -0.2) is 25.8 Å². The highest BCUT2D eigenvalue weighted by molar-refractivity contribution is 7.89. The lowest BCUT2D eigenvalue weighted by molar-refractivity contribution is 0.405. The van der Waals surface area contributed by atoms with Gasteiger partial charge >= 0.3 is 0 Å². The standard InChI is InChI=1S/C15H23FN2O2S/c1-3-12-5-4-7-18(8-6-12)21(19,20)15-10-14(17)11(2)9-13(15)16/h9-10,12H,3-8,17H2,1-2H3. The van der Waals surface area contributed by atoms with Crippen molar-refractivity contribution in [2.75, 3.05) is 18.8 Å². The first-order valence-corrected chi connectivity index (χ1v) is 8.86. The van der Waals surface area contributed by atoms with Crippen LogP contribution in [-0.2, 0) is 10.0 Å². The molecule has 1 aromatic carbocycles. The molecule has 0 aliphatic carbocycles. The van der Waals surface area contributed by atoms with Crippen LogP contribution in [0.5, 0.6) is 0 Å². The predicted octanol–water partition coefficient (Wildman–Crippen LogP) is 2.92. The van der Waals surface area contributed by atoms with Crippen LogP contribution in [0, 0.1) is 18.7 Å². The van der Waals surface area contributed by atoms with Crippen LogP contribution in [0.3, 0.4) is 0 Å². The summed E-state index contributed by atoms with van der Waals surface area (Å²) in [5, 5.41) is 0. The molecule has 0 spiro atoms. The van der Waals surface area contributed by atoms with E-state index in [1.807, 2.05) is 0 Å². The fourth-order valence-electron chi connectivity index (χ4n) is 2.79. The van der Waals surface area contributed by atoms with Gasteiger partial charge in [-0.3, -0.25) is 0 Å². The molecule has 2 rings (SSSR count). The minimum atomic E-state index is -3.81. The van der Waals surface area contributed by atoms with Gasteiger partial charge in [0.25, 0.3) is 0 Å². The molecule has 1 aliphatic rings. The molecule has 1 atom stereocenters. The van der Waals surface area contributed by atoms with E-state index in [1.165, 1.54) is 16.4 Å². The Morgan fingerprint density at radius 3 is 2.71 bits per heavy atom. The zero-order valence-corrected chi connectivity index (χ0v) is 13.4. The second-order valence-electron chi connectivity index (χ2n) is 5.75. The maximum atomic E-state index is 14.1. The van der Waals surface area contributed by atoms with Crippen molar-refractivity contribution >= 4 is 15.7 Å². The van der Waals surface area contributed by atoms with Crippen molar-refractivity contribution in [3.8, 4) is 0 Å². The first-order chi connectivity index (χ1) is 9.86. The molecule has 118 valence electrons. The minimum Gasteiger partial charge on any atom is -0.398 e. The fraction of sp³-hybridized carbons (Fsp3) is 0.600. The highest BCUT2D eigenvalue weighted by Crippen LogP contribution is 2.28. The van der Waals surface area contributed by atoms with Gasteiger partial charge in [0.1, 0.15) is 10.7 Å². The normalized spacial score (nSPS) is 21.2. The molecule has 1 saturated heterocycles. The number of aryl methyl sites for hydroxylation is 1. The van der Waals surface area contributed by atoms with E-state index < -0.39 is 15.8 Å². The van der Waals surface area contributed by atoms with Gasteiger partial charge in [-0.2, -0.15) is 4.31 Å². The van der Waals surface area contributed by atoms with Crippen molar-refractivity contribution in [3.05, 3.63) is 23.5 Å². The molecule has 0 amide bonds. The number of nitrogens with zero attached hydrogens (tertiary/aromatic N) is 1. The van der Waals surface area contributed by atoms with Gasteiger partial charge in [0.15, 0.2) is 0 Å². The molecule has 21 heavy (non-hydrogen) atoms. The van der Waals surface area contributed by atoms with Gasteiger partial charge in [0.05, 0.1) is 0 Å². The van der Waals surface area contributed by atoms with Crippen molar-refractivity contribution in [2.45, 2.75) is 44.4 Å². The average molecular weight is 314 g/mol. The zero-order valence-electron chi connectivity index (χ0n) is 12.6. The van der Waals surface area contributed by atoms with E-state index in [2.05, 4.69) is 6.92 Å². The van der Waals surface area contributed by atoms with E-state index in [9.17, 15) is 12.8 Å². The van der Waals surface area contributed by atoms with Crippen molar-refractivity contribution in [1.29, 1.82) is 0 Å². The first-order valence-electron chi connectivity index (χ1n) is 7.42. The monoisotopic (exact) mass is 314 g/mol. The summed E-state index contributed by atoms with van der Waals surface area (Å²) in [4.78, 5) is -0.305. The Hall–Kier alpha value is -1.14. The second-order valence-corrected chi connectivity index (χ2v) is 7.65. The number of anilines is 1. The van der Waals surface area contributed by atoms with Gasteiger partial charge in [-0.15, -0.1) is 0 Å². The predicted molar refractivity (Wildman–Crippen MR) is 81.9 cm³/mol. The van der Waals surface area contributed by atoms with Crippen molar-refractivity contribution in [3.63, 3.8) is 0 Å². The number of benzene rings is 1. The summed E-state index contributed by atoms with van der Waals surface area (Å²) < 4.78 is 40.8. The quantitative estimate of drug-likeness (QED) is 0.873. The number of hydrogen-bond donors (Lipinski definition) is 1. The molecule has 1 aliphatic heterocycles. The molecule has 0 radical (unpaired) electrons. The average Bonchev–Trinajstić information content (AvgIpc) is 2.68. The Bertz CT molecular complexity index is 616. The number of rotatable bonds is 3. The molecule has 0 saturated carbocycles. The van der Waals surface area contributed by atoms with E-state index in [1.54, 1.807) is 6.92 Å². The second kappa shape index (κ2) is 6.32. The largest absolute Gasteiger partial charge is 0.398 e. The van der Waals surface area contributed by atoms with E-state index in [-0.39, 0.29) is 4.90 Å². The summed E-state index contributed by atoms with van der Waals surface area (Å²) >= 11 is 0. The Labute approximate surface area is 126 Å². The highest BCUT2D eigenvalue weighted by atomic mass is 32.2. The van der Waals surface area contributed by atoms with Crippen LogP contribution in [0.15, 0.2) is 17.0 Å². The van der Waals surface area contributed by atoms with Crippen molar-refractivity contribution < 1.29 is 12.8 Å². The van der Waals surface area contributed by atoms with E-state index in [0.29, 0.717) is 30.3 Å². The van der Waals surface area contributed by atoms with Crippen molar-refractivity contribution in [1.82, 2.24) is 4.31 Å². The Morgan fingerprint density at radius 1 is 1.33 bits per heavy atom. The molecule has 0 aromatic heterocycles. The number of halogens is 1. The molecule has 1 unspecified atom stereocenters. The first kappa shape index (κ1) is 16.2. The maximum absolute atomic E-state index is 14.1. The fourth-order valence-corrected chi connectivity index (χ4v) is 4.37.